The highest BCUT2D eigenvalue weighted by Crippen LogP contribution is 2.38. The summed E-state index contributed by atoms with van der Waals surface area (Å²) in [7, 11) is -3.55. The van der Waals surface area contributed by atoms with Gasteiger partial charge in [0.25, 0.3) is 0 Å². The Bertz CT molecular complexity index is 896. The molecule has 2 heterocycles. The second kappa shape index (κ2) is 7.99. The molecule has 28 heavy (non-hydrogen) atoms. The molecule has 0 spiro atoms. The molecule has 0 unspecified atom stereocenters. The molecule has 1 aromatic heterocycles. The van der Waals surface area contributed by atoms with Crippen molar-refractivity contribution in [3.63, 3.8) is 0 Å². The minimum atomic E-state index is -3.55. The highest BCUT2D eigenvalue weighted by atomic mass is 32.2. The van der Waals surface area contributed by atoms with Crippen molar-refractivity contribution in [3.05, 3.63) is 47.3 Å². The second-order valence-electron chi connectivity index (χ2n) is 8.49. The average Bonchev–Trinajstić information content (AvgIpc) is 3.38. The molecule has 6 heteroatoms. The van der Waals surface area contributed by atoms with E-state index in [2.05, 4.69) is 19.0 Å². The van der Waals surface area contributed by atoms with Crippen molar-refractivity contribution < 1.29 is 12.9 Å². The van der Waals surface area contributed by atoms with Crippen LogP contribution in [0.25, 0.3) is 0 Å². The van der Waals surface area contributed by atoms with Gasteiger partial charge >= 0.3 is 0 Å². The number of sulfonamides is 1. The maximum atomic E-state index is 13.3. The molecule has 2 fully saturated rings. The van der Waals surface area contributed by atoms with Crippen molar-refractivity contribution in [1.29, 1.82) is 0 Å². The van der Waals surface area contributed by atoms with Crippen LogP contribution in [0.1, 0.15) is 93.7 Å². The third kappa shape index (κ3) is 3.77. The molecule has 1 aromatic carbocycles. The van der Waals surface area contributed by atoms with Crippen LogP contribution in [0.3, 0.4) is 0 Å². The van der Waals surface area contributed by atoms with Gasteiger partial charge in [-0.15, -0.1) is 0 Å². The summed E-state index contributed by atoms with van der Waals surface area (Å²) in [6, 6.07) is 9.25. The van der Waals surface area contributed by atoms with Crippen molar-refractivity contribution in [2.24, 2.45) is 0 Å². The van der Waals surface area contributed by atoms with E-state index in [4.69, 9.17) is 4.52 Å². The Morgan fingerprint density at radius 1 is 1.04 bits per heavy atom. The zero-order valence-corrected chi connectivity index (χ0v) is 17.6. The summed E-state index contributed by atoms with van der Waals surface area (Å²) in [4.78, 5) is 0.377. The fourth-order valence-electron chi connectivity index (χ4n) is 4.53. The van der Waals surface area contributed by atoms with Crippen molar-refractivity contribution >= 4 is 10.0 Å². The van der Waals surface area contributed by atoms with Crippen LogP contribution in [0.15, 0.2) is 39.8 Å². The van der Waals surface area contributed by atoms with Crippen LogP contribution >= 0.6 is 0 Å². The summed E-state index contributed by atoms with van der Waals surface area (Å²) >= 11 is 0. The number of benzene rings is 1. The topological polar surface area (TPSA) is 63.4 Å². The quantitative estimate of drug-likeness (QED) is 0.674. The molecule has 1 aliphatic heterocycles. The Hall–Kier alpha value is -1.66. The summed E-state index contributed by atoms with van der Waals surface area (Å²) < 4.78 is 33.7. The van der Waals surface area contributed by atoms with Crippen LogP contribution in [0.5, 0.6) is 0 Å². The Kier molecular flexibility index (Phi) is 5.61. The molecule has 0 radical (unpaired) electrons. The average molecular weight is 403 g/mol. The molecule has 1 saturated heterocycles. The first-order valence-corrected chi connectivity index (χ1v) is 12.0. The minimum Gasteiger partial charge on any atom is -0.359 e. The van der Waals surface area contributed by atoms with Gasteiger partial charge in [0.15, 0.2) is 5.76 Å². The summed E-state index contributed by atoms with van der Waals surface area (Å²) in [5.74, 6) is 1.49. The lowest BCUT2D eigenvalue weighted by Crippen LogP contribution is -2.30. The molecule has 4 rings (SSSR count). The standard InChI is InChI=1S/C22H30N2O3S/c1-16(2)20-15-22(27-23-20)21-9-6-14-24(21)28(25,26)19-12-10-18(11-13-19)17-7-4-3-5-8-17/h10-13,15-17,21H,3-9,14H2,1-2H3/t21-/m0/s1. The van der Waals surface area contributed by atoms with Gasteiger partial charge in [0.05, 0.1) is 16.6 Å². The minimum absolute atomic E-state index is 0.260. The van der Waals surface area contributed by atoms with E-state index in [1.807, 2.05) is 18.2 Å². The van der Waals surface area contributed by atoms with E-state index in [0.717, 1.165) is 18.5 Å². The number of hydrogen-bond acceptors (Lipinski definition) is 4. The predicted molar refractivity (Wildman–Crippen MR) is 109 cm³/mol. The lowest BCUT2D eigenvalue weighted by Gasteiger charge is -2.24. The number of nitrogens with zero attached hydrogens (tertiary/aromatic N) is 2. The van der Waals surface area contributed by atoms with Crippen LogP contribution in [0.4, 0.5) is 0 Å². The largest absolute Gasteiger partial charge is 0.359 e. The third-order valence-electron chi connectivity index (χ3n) is 6.23. The zero-order valence-electron chi connectivity index (χ0n) is 16.8. The SMILES string of the molecule is CC(C)c1cc([C@@H]2CCCN2S(=O)(=O)c2ccc(C3CCCCC3)cc2)on1. The third-order valence-corrected chi connectivity index (χ3v) is 8.16. The van der Waals surface area contributed by atoms with Gasteiger partial charge in [0.2, 0.25) is 10.0 Å². The van der Waals surface area contributed by atoms with Gasteiger partial charge in [-0.05, 0) is 55.2 Å². The van der Waals surface area contributed by atoms with Crippen LogP contribution in [0, 0.1) is 0 Å². The predicted octanol–water partition coefficient (Wildman–Crippen LogP) is 5.37. The van der Waals surface area contributed by atoms with Crippen molar-refractivity contribution in [3.8, 4) is 0 Å². The molecule has 0 bridgehead atoms. The normalized spacial score (nSPS) is 22.2. The first-order valence-electron chi connectivity index (χ1n) is 10.5. The molecule has 1 saturated carbocycles. The van der Waals surface area contributed by atoms with Crippen molar-refractivity contribution in [1.82, 2.24) is 9.46 Å². The Labute approximate surface area is 168 Å². The van der Waals surface area contributed by atoms with Gasteiger partial charge in [-0.2, -0.15) is 4.31 Å². The first-order chi connectivity index (χ1) is 13.5. The van der Waals surface area contributed by atoms with Gasteiger partial charge < -0.3 is 4.52 Å². The maximum Gasteiger partial charge on any atom is 0.243 e. The van der Waals surface area contributed by atoms with Gasteiger partial charge in [-0.3, -0.25) is 0 Å². The summed E-state index contributed by atoms with van der Waals surface area (Å²) in [5, 5.41) is 4.12. The Balaban J connectivity index is 1.56. The molecule has 5 nitrogen and oxygen atoms in total. The molecular formula is C22H30N2O3S. The fraction of sp³-hybridized carbons (Fsp3) is 0.591. The molecule has 0 N–H and O–H groups in total. The fourth-order valence-corrected chi connectivity index (χ4v) is 6.19. The molecule has 0 amide bonds. The van der Waals surface area contributed by atoms with E-state index >= 15 is 0 Å². The lowest BCUT2D eigenvalue weighted by molar-refractivity contribution is 0.295. The number of rotatable bonds is 5. The van der Waals surface area contributed by atoms with Gasteiger partial charge in [-0.25, -0.2) is 8.42 Å². The van der Waals surface area contributed by atoms with E-state index in [1.54, 1.807) is 16.4 Å². The van der Waals surface area contributed by atoms with Crippen LogP contribution in [-0.2, 0) is 10.0 Å². The molecule has 2 aromatic rings. The van der Waals surface area contributed by atoms with Crippen molar-refractivity contribution in [2.45, 2.75) is 81.6 Å². The highest BCUT2D eigenvalue weighted by Gasteiger charge is 2.38. The van der Waals surface area contributed by atoms with E-state index < -0.39 is 10.0 Å². The summed E-state index contributed by atoms with van der Waals surface area (Å²) in [6.07, 6.45) is 7.90. The monoisotopic (exact) mass is 402 g/mol. The first kappa shape index (κ1) is 19.6. The highest BCUT2D eigenvalue weighted by molar-refractivity contribution is 7.89. The molecule has 1 aliphatic carbocycles. The van der Waals surface area contributed by atoms with Crippen LogP contribution in [0.2, 0.25) is 0 Å². The van der Waals surface area contributed by atoms with Crippen LogP contribution < -0.4 is 0 Å². The van der Waals surface area contributed by atoms with E-state index in [-0.39, 0.29) is 12.0 Å². The number of aromatic nitrogens is 1. The number of hydrogen-bond donors (Lipinski definition) is 0. The lowest BCUT2D eigenvalue weighted by atomic mass is 9.84. The molecule has 2 aliphatic rings. The van der Waals surface area contributed by atoms with Gasteiger partial charge in [0, 0.05) is 12.6 Å². The molecule has 1 atom stereocenters. The summed E-state index contributed by atoms with van der Waals surface area (Å²) in [5.41, 5.74) is 2.14. The Morgan fingerprint density at radius 3 is 2.39 bits per heavy atom. The smallest absolute Gasteiger partial charge is 0.243 e. The van der Waals surface area contributed by atoms with E-state index in [0.29, 0.717) is 23.1 Å². The second-order valence-corrected chi connectivity index (χ2v) is 10.4. The maximum absolute atomic E-state index is 13.3. The van der Waals surface area contributed by atoms with E-state index in [1.165, 1.54) is 37.7 Å². The zero-order chi connectivity index (χ0) is 19.7. The molecular weight excluding hydrogens is 372 g/mol. The molecule has 152 valence electrons. The van der Waals surface area contributed by atoms with Crippen LogP contribution in [-0.4, -0.2) is 24.4 Å². The van der Waals surface area contributed by atoms with Gasteiger partial charge in [0.1, 0.15) is 0 Å². The summed E-state index contributed by atoms with van der Waals surface area (Å²) in [6.45, 7) is 4.63. The van der Waals surface area contributed by atoms with Crippen molar-refractivity contribution in [2.75, 3.05) is 6.54 Å². The van der Waals surface area contributed by atoms with E-state index in [9.17, 15) is 8.42 Å². The van der Waals surface area contributed by atoms with Gasteiger partial charge in [-0.1, -0.05) is 50.4 Å². The Morgan fingerprint density at radius 2 is 1.75 bits per heavy atom.